The van der Waals surface area contributed by atoms with Gasteiger partial charge in [-0.1, -0.05) is 37.5 Å². The molecule has 1 aliphatic rings. The molecule has 0 amide bonds. The fourth-order valence-corrected chi connectivity index (χ4v) is 3.56. The Morgan fingerprint density at radius 2 is 1.88 bits per heavy atom. The van der Waals surface area contributed by atoms with E-state index < -0.39 is 0 Å². The van der Waals surface area contributed by atoms with Gasteiger partial charge in [0.1, 0.15) is 0 Å². The van der Waals surface area contributed by atoms with Gasteiger partial charge in [-0.2, -0.15) is 0 Å². The van der Waals surface area contributed by atoms with Gasteiger partial charge in [0.05, 0.1) is 0 Å². The first-order chi connectivity index (χ1) is 7.83. The summed E-state index contributed by atoms with van der Waals surface area (Å²) < 4.78 is 1.39. The van der Waals surface area contributed by atoms with Crippen LogP contribution in [-0.4, -0.2) is 7.05 Å². The minimum absolute atomic E-state index is 0.549. The van der Waals surface area contributed by atoms with Gasteiger partial charge in [-0.25, -0.2) is 0 Å². The molecule has 1 nitrogen and oxygen atoms in total. The maximum absolute atomic E-state index is 3.52. The molecule has 2 heteroatoms. The zero-order valence-electron chi connectivity index (χ0n) is 9.88. The molecule has 88 valence electrons. The highest BCUT2D eigenvalue weighted by atomic mass is 127. The van der Waals surface area contributed by atoms with Crippen LogP contribution in [0.3, 0.4) is 0 Å². The lowest BCUT2D eigenvalue weighted by Gasteiger charge is -2.31. The number of nitrogens with one attached hydrogen (secondary N) is 1. The van der Waals surface area contributed by atoms with Crippen molar-refractivity contribution in [3.63, 3.8) is 0 Å². The summed E-state index contributed by atoms with van der Waals surface area (Å²) in [7, 11) is 2.10. The molecule has 0 aliphatic heterocycles. The molecule has 0 bridgehead atoms. The highest BCUT2D eigenvalue weighted by molar-refractivity contribution is 14.1. The maximum Gasteiger partial charge on any atom is 0.0356 e. The van der Waals surface area contributed by atoms with Gasteiger partial charge in [0.2, 0.25) is 0 Å². The molecule has 1 aliphatic carbocycles. The minimum atomic E-state index is 0.549. The summed E-state index contributed by atoms with van der Waals surface area (Å²) in [5.41, 5.74) is 1.48. The molecule has 0 aromatic heterocycles. The van der Waals surface area contributed by atoms with E-state index in [0.29, 0.717) is 6.04 Å². The van der Waals surface area contributed by atoms with Crippen LogP contribution in [0.2, 0.25) is 0 Å². The van der Waals surface area contributed by atoms with Crippen LogP contribution in [0.25, 0.3) is 0 Å². The molecule has 0 radical (unpaired) electrons. The summed E-state index contributed by atoms with van der Waals surface area (Å²) >= 11 is 2.46. The predicted octanol–water partition coefficient (Wildman–Crippen LogP) is 4.13. The van der Waals surface area contributed by atoms with Crippen molar-refractivity contribution in [1.82, 2.24) is 5.32 Å². The van der Waals surface area contributed by atoms with Crippen molar-refractivity contribution in [3.05, 3.63) is 33.4 Å². The van der Waals surface area contributed by atoms with E-state index in [9.17, 15) is 0 Å². The molecule has 0 saturated heterocycles. The van der Waals surface area contributed by atoms with E-state index in [1.54, 1.807) is 0 Å². The zero-order valence-corrected chi connectivity index (χ0v) is 12.0. The fraction of sp³-hybridized carbons (Fsp3) is 0.571. The quantitative estimate of drug-likeness (QED) is 0.822. The molecule has 1 aromatic rings. The summed E-state index contributed by atoms with van der Waals surface area (Å²) in [6.07, 6.45) is 7.02. The topological polar surface area (TPSA) is 12.0 Å². The Morgan fingerprint density at radius 3 is 2.50 bits per heavy atom. The van der Waals surface area contributed by atoms with Gasteiger partial charge in [-0.15, -0.1) is 0 Å². The maximum atomic E-state index is 3.52. The lowest BCUT2D eigenvalue weighted by molar-refractivity contribution is 0.281. The molecule has 1 unspecified atom stereocenters. The highest BCUT2D eigenvalue weighted by Gasteiger charge is 2.24. The van der Waals surface area contributed by atoms with Crippen LogP contribution >= 0.6 is 22.6 Å². The Balaban J connectivity index is 2.18. The van der Waals surface area contributed by atoms with Gasteiger partial charge in [-0.3, -0.25) is 0 Å². The van der Waals surface area contributed by atoms with E-state index in [2.05, 4.69) is 59.2 Å². The second-order valence-electron chi connectivity index (χ2n) is 4.69. The number of hydrogen-bond acceptors (Lipinski definition) is 1. The van der Waals surface area contributed by atoms with Crippen LogP contribution in [0.5, 0.6) is 0 Å². The molecule has 0 spiro atoms. The van der Waals surface area contributed by atoms with Crippen molar-refractivity contribution in [1.29, 1.82) is 0 Å². The molecular weight excluding hydrogens is 309 g/mol. The standard InChI is InChI=1S/C14H20IN/c1-16-14(11-7-3-2-4-8-11)12-9-5-6-10-13(12)15/h5-6,9-11,14,16H,2-4,7-8H2,1H3. The third-order valence-corrected chi connectivity index (χ3v) is 4.65. The first-order valence-electron chi connectivity index (χ1n) is 6.24. The third-order valence-electron chi connectivity index (χ3n) is 3.67. The molecule has 0 heterocycles. The second kappa shape index (κ2) is 6.01. The van der Waals surface area contributed by atoms with Gasteiger partial charge < -0.3 is 5.32 Å². The normalized spacial score (nSPS) is 19.6. The Labute approximate surface area is 112 Å². The van der Waals surface area contributed by atoms with Crippen molar-refractivity contribution in [2.45, 2.75) is 38.1 Å². The van der Waals surface area contributed by atoms with Crippen LogP contribution in [0.1, 0.15) is 43.7 Å². The van der Waals surface area contributed by atoms with Crippen LogP contribution in [0.15, 0.2) is 24.3 Å². The van der Waals surface area contributed by atoms with Crippen LogP contribution in [0, 0.1) is 9.49 Å². The lowest BCUT2D eigenvalue weighted by Crippen LogP contribution is -2.27. The highest BCUT2D eigenvalue weighted by Crippen LogP contribution is 2.35. The van der Waals surface area contributed by atoms with Crippen molar-refractivity contribution < 1.29 is 0 Å². The van der Waals surface area contributed by atoms with Gasteiger partial charge in [0.25, 0.3) is 0 Å². The largest absolute Gasteiger partial charge is 0.313 e. The molecule has 1 saturated carbocycles. The SMILES string of the molecule is CNC(c1ccccc1I)C1CCCCC1. The summed E-state index contributed by atoms with van der Waals surface area (Å²) in [6, 6.07) is 9.32. The van der Waals surface area contributed by atoms with Crippen LogP contribution in [-0.2, 0) is 0 Å². The molecule has 1 aromatic carbocycles. The smallest absolute Gasteiger partial charge is 0.0356 e. The van der Waals surface area contributed by atoms with Crippen molar-refractivity contribution in [2.24, 2.45) is 5.92 Å². The lowest BCUT2D eigenvalue weighted by atomic mass is 9.81. The Kier molecular flexibility index (Phi) is 4.65. The van der Waals surface area contributed by atoms with E-state index in [-0.39, 0.29) is 0 Å². The van der Waals surface area contributed by atoms with Crippen LogP contribution in [0.4, 0.5) is 0 Å². The van der Waals surface area contributed by atoms with Gasteiger partial charge in [0.15, 0.2) is 0 Å². The molecule has 16 heavy (non-hydrogen) atoms. The van der Waals surface area contributed by atoms with E-state index in [1.807, 2.05) is 0 Å². The molecule has 2 rings (SSSR count). The van der Waals surface area contributed by atoms with Crippen molar-refractivity contribution in [3.8, 4) is 0 Å². The number of rotatable bonds is 3. The molecule has 1 N–H and O–H groups in total. The number of benzene rings is 1. The summed E-state index contributed by atoms with van der Waals surface area (Å²) in [5, 5.41) is 3.52. The monoisotopic (exact) mass is 329 g/mol. The van der Waals surface area contributed by atoms with E-state index in [4.69, 9.17) is 0 Å². The average Bonchev–Trinajstić information content (AvgIpc) is 2.34. The minimum Gasteiger partial charge on any atom is -0.313 e. The molecule has 1 atom stereocenters. The van der Waals surface area contributed by atoms with Gasteiger partial charge in [-0.05, 0) is 60.0 Å². The van der Waals surface area contributed by atoms with E-state index in [1.165, 1.54) is 41.2 Å². The van der Waals surface area contributed by atoms with Crippen molar-refractivity contribution in [2.75, 3.05) is 7.05 Å². The second-order valence-corrected chi connectivity index (χ2v) is 5.85. The molecule has 1 fully saturated rings. The van der Waals surface area contributed by atoms with E-state index in [0.717, 1.165) is 5.92 Å². The van der Waals surface area contributed by atoms with Crippen molar-refractivity contribution >= 4 is 22.6 Å². The van der Waals surface area contributed by atoms with Gasteiger partial charge >= 0.3 is 0 Å². The summed E-state index contributed by atoms with van der Waals surface area (Å²) in [6.45, 7) is 0. The average molecular weight is 329 g/mol. The zero-order chi connectivity index (χ0) is 11.4. The van der Waals surface area contributed by atoms with Gasteiger partial charge in [0, 0.05) is 9.61 Å². The Morgan fingerprint density at radius 1 is 1.19 bits per heavy atom. The molecular formula is C14H20IN. The Hall–Kier alpha value is -0.0900. The first-order valence-corrected chi connectivity index (χ1v) is 7.32. The fourth-order valence-electron chi connectivity index (χ4n) is 2.84. The summed E-state index contributed by atoms with van der Waals surface area (Å²) in [5.74, 6) is 0.828. The van der Waals surface area contributed by atoms with Crippen LogP contribution < -0.4 is 5.32 Å². The number of halogens is 1. The third kappa shape index (κ3) is 2.77. The number of hydrogen-bond donors (Lipinski definition) is 1. The first kappa shape index (κ1) is 12.4. The van der Waals surface area contributed by atoms with E-state index >= 15 is 0 Å². The Bertz CT molecular complexity index is 331. The summed E-state index contributed by atoms with van der Waals surface area (Å²) in [4.78, 5) is 0. The predicted molar refractivity (Wildman–Crippen MR) is 77.5 cm³/mol.